The third-order valence-electron chi connectivity index (χ3n) is 2.06. The molecule has 0 fully saturated rings. The highest BCUT2D eigenvalue weighted by molar-refractivity contribution is 7.93. The van der Waals surface area contributed by atoms with E-state index in [0.717, 1.165) is 6.92 Å². The molecule has 0 saturated heterocycles. The molecular weight excluding hydrogens is 231 g/mol. The van der Waals surface area contributed by atoms with Crippen molar-refractivity contribution in [2.45, 2.75) is 16.8 Å². The molecule has 0 spiro atoms. The number of hydrogen-bond acceptors (Lipinski definition) is 3. The van der Waals surface area contributed by atoms with E-state index in [1.807, 2.05) is 0 Å². The van der Waals surface area contributed by atoms with Gasteiger partial charge in [0.05, 0.1) is 4.90 Å². The molecule has 0 heterocycles. The van der Waals surface area contributed by atoms with Crippen molar-refractivity contribution >= 4 is 15.6 Å². The fourth-order valence-electron chi connectivity index (χ4n) is 1.13. The summed E-state index contributed by atoms with van der Waals surface area (Å²) >= 11 is 0. The summed E-state index contributed by atoms with van der Waals surface area (Å²) in [6.45, 7) is 0.806. The van der Waals surface area contributed by atoms with Gasteiger partial charge < -0.3 is 0 Å². The fraction of sp³-hybridized carbons (Fsp3) is 0.182. The maximum atomic E-state index is 13.9. The molecule has 3 nitrogen and oxygen atoms in total. The zero-order valence-corrected chi connectivity index (χ0v) is 9.29. The number of sulfone groups is 1. The summed E-state index contributed by atoms with van der Waals surface area (Å²) in [7, 11) is -4.50. The maximum absolute atomic E-state index is 13.9. The Morgan fingerprint density at radius 2 is 1.88 bits per heavy atom. The van der Waals surface area contributed by atoms with E-state index in [0.29, 0.717) is 0 Å². The standard InChI is InChI=1S/C11H9FO3S/c1-3-11(12,9(2)13)16(14,15)10-7-5-4-6-8-10/h1,4-8H,2H3. The molecule has 0 amide bonds. The van der Waals surface area contributed by atoms with Crippen LogP contribution in [0.25, 0.3) is 0 Å². The molecule has 0 aromatic heterocycles. The summed E-state index contributed by atoms with van der Waals surface area (Å²) in [6, 6.07) is 6.78. The minimum Gasteiger partial charge on any atom is -0.294 e. The van der Waals surface area contributed by atoms with Gasteiger partial charge in [-0.05, 0) is 18.1 Å². The first-order valence-electron chi connectivity index (χ1n) is 4.33. The van der Waals surface area contributed by atoms with Gasteiger partial charge in [-0.15, -0.1) is 6.42 Å². The second-order valence-electron chi connectivity index (χ2n) is 3.11. The van der Waals surface area contributed by atoms with Crippen molar-refractivity contribution in [3.05, 3.63) is 30.3 Å². The lowest BCUT2D eigenvalue weighted by Crippen LogP contribution is -2.39. The number of terminal acetylenes is 1. The number of carbonyl (C=O) groups excluding carboxylic acids is 1. The summed E-state index contributed by atoms with van der Waals surface area (Å²) in [5.74, 6) is 0.189. The van der Waals surface area contributed by atoms with Gasteiger partial charge in [-0.25, -0.2) is 12.8 Å². The maximum Gasteiger partial charge on any atom is 0.331 e. The Kier molecular flexibility index (Phi) is 3.15. The average Bonchev–Trinajstić information content (AvgIpc) is 2.28. The van der Waals surface area contributed by atoms with Crippen molar-refractivity contribution in [3.8, 4) is 12.3 Å². The van der Waals surface area contributed by atoms with Gasteiger partial charge in [0, 0.05) is 6.92 Å². The molecule has 1 unspecified atom stereocenters. The molecule has 0 radical (unpaired) electrons. The van der Waals surface area contributed by atoms with Crippen LogP contribution in [-0.2, 0) is 14.6 Å². The van der Waals surface area contributed by atoms with E-state index in [-0.39, 0.29) is 4.90 Å². The smallest absolute Gasteiger partial charge is 0.294 e. The number of carbonyl (C=O) groups is 1. The van der Waals surface area contributed by atoms with Gasteiger partial charge in [-0.3, -0.25) is 4.79 Å². The predicted octanol–water partition coefficient (Wildman–Crippen LogP) is 1.35. The molecule has 0 aliphatic rings. The number of hydrogen-bond donors (Lipinski definition) is 0. The van der Waals surface area contributed by atoms with Gasteiger partial charge in [0.15, 0.2) is 5.78 Å². The van der Waals surface area contributed by atoms with Crippen LogP contribution in [0.4, 0.5) is 4.39 Å². The van der Waals surface area contributed by atoms with Crippen LogP contribution in [-0.4, -0.2) is 19.2 Å². The van der Waals surface area contributed by atoms with Crippen LogP contribution in [0.2, 0.25) is 0 Å². The van der Waals surface area contributed by atoms with Crippen molar-refractivity contribution in [2.75, 3.05) is 0 Å². The Morgan fingerprint density at radius 1 is 1.38 bits per heavy atom. The lowest BCUT2D eigenvalue weighted by molar-refractivity contribution is -0.121. The number of ketones is 1. The number of alkyl halides is 1. The molecule has 1 atom stereocenters. The number of halogens is 1. The first-order valence-corrected chi connectivity index (χ1v) is 5.82. The topological polar surface area (TPSA) is 51.2 Å². The van der Waals surface area contributed by atoms with Gasteiger partial charge >= 0.3 is 5.00 Å². The van der Waals surface area contributed by atoms with Gasteiger partial charge in [-0.1, -0.05) is 18.2 Å². The van der Waals surface area contributed by atoms with E-state index in [2.05, 4.69) is 0 Å². The van der Waals surface area contributed by atoms with E-state index in [1.54, 1.807) is 6.07 Å². The molecule has 5 heteroatoms. The quantitative estimate of drug-likeness (QED) is 0.749. The van der Waals surface area contributed by atoms with Crippen molar-refractivity contribution < 1.29 is 17.6 Å². The third kappa shape index (κ3) is 1.72. The number of Topliss-reactive ketones (excluding diaryl/α,β-unsaturated/α-hetero) is 1. The van der Waals surface area contributed by atoms with Crippen LogP contribution in [0, 0.1) is 12.3 Å². The zero-order valence-electron chi connectivity index (χ0n) is 8.48. The predicted molar refractivity (Wildman–Crippen MR) is 57.0 cm³/mol. The van der Waals surface area contributed by atoms with Crippen molar-refractivity contribution in [3.63, 3.8) is 0 Å². The average molecular weight is 240 g/mol. The van der Waals surface area contributed by atoms with E-state index in [4.69, 9.17) is 6.42 Å². The highest BCUT2D eigenvalue weighted by Gasteiger charge is 2.48. The minimum absolute atomic E-state index is 0.314. The van der Waals surface area contributed by atoms with Crippen LogP contribution < -0.4 is 0 Å². The second kappa shape index (κ2) is 4.06. The third-order valence-corrected chi connectivity index (χ3v) is 4.10. The van der Waals surface area contributed by atoms with Crippen LogP contribution in [0.15, 0.2) is 35.2 Å². The normalized spacial score (nSPS) is 14.8. The Morgan fingerprint density at radius 3 is 2.25 bits per heavy atom. The highest BCUT2D eigenvalue weighted by atomic mass is 32.2. The molecular formula is C11H9FO3S. The van der Waals surface area contributed by atoms with E-state index < -0.39 is 20.6 Å². The molecule has 0 saturated carbocycles. The molecule has 0 bridgehead atoms. The SMILES string of the molecule is C#CC(F)(C(C)=O)S(=O)(=O)c1ccccc1. The summed E-state index contributed by atoms with van der Waals surface area (Å²) in [4.78, 5) is 10.7. The molecule has 84 valence electrons. The van der Waals surface area contributed by atoms with Gasteiger partial charge in [-0.2, -0.15) is 0 Å². The van der Waals surface area contributed by atoms with Crippen LogP contribution in [0.1, 0.15) is 6.92 Å². The van der Waals surface area contributed by atoms with Crippen molar-refractivity contribution in [1.29, 1.82) is 0 Å². The van der Waals surface area contributed by atoms with E-state index in [1.165, 1.54) is 30.2 Å². The Labute approximate surface area is 93.2 Å². The summed E-state index contributed by atoms with van der Waals surface area (Å²) in [5.41, 5.74) is 0. The Bertz CT molecular complexity index is 542. The summed E-state index contributed by atoms with van der Waals surface area (Å²) in [6.07, 6.45) is 4.81. The van der Waals surface area contributed by atoms with E-state index >= 15 is 0 Å². The van der Waals surface area contributed by atoms with Crippen LogP contribution >= 0.6 is 0 Å². The molecule has 1 rings (SSSR count). The number of benzene rings is 1. The fourth-order valence-corrected chi connectivity index (χ4v) is 2.50. The van der Waals surface area contributed by atoms with Gasteiger partial charge in [0.2, 0.25) is 9.84 Å². The lowest BCUT2D eigenvalue weighted by atomic mass is 10.3. The number of rotatable bonds is 3. The first-order chi connectivity index (χ1) is 7.36. The van der Waals surface area contributed by atoms with Gasteiger partial charge in [0.25, 0.3) is 0 Å². The minimum atomic E-state index is -4.50. The molecule has 0 N–H and O–H groups in total. The van der Waals surface area contributed by atoms with Crippen molar-refractivity contribution in [2.24, 2.45) is 0 Å². The largest absolute Gasteiger partial charge is 0.331 e. The van der Waals surface area contributed by atoms with Crippen LogP contribution in [0.5, 0.6) is 0 Å². The molecule has 1 aromatic rings. The van der Waals surface area contributed by atoms with Crippen molar-refractivity contribution in [1.82, 2.24) is 0 Å². The zero-order chi connectivity index (χ0) is 12.4. The Hall–Kier alpha value is -1.67. The molecule has 1 aromatic carbocycles. The first kappa shape index (κ1) is 12.4. The lowest BCUT2D eigenvalue weighted by Gasteiger charge is -2.16. The van der Waals surface area contributed by atoms with Gasteiger partial charge in [0.1, 0.15) is 0 Å². The summed E-state index contributed by atoms with van der Waals surface area (Å²) < 4.78 is 37.5. The highest BCUT2D eigenvalue weighted by Crippen LogP contribution is 2.27. The molecule has 0 aliphatic heterocycles. The second-order valence-corrected chi connectivity index (χ2v) is 5.15. The summed E-state index contributed by atoms with van der Waals surface area (Å²) in [5, 5.41) is -3.30. The van der Waals surface area contributed by atoms with Crippen LogP contribution in [0.3, 0.4) is 0 Å². The van der Waals surface area contributed by atoms with E-state index in [9.17, 15) is 17.6 Å². The molecule has 0 aliphatic carbocycles. The monoisotopic (exact) mass is 240 g/mol. The molecule has 16 heavy (non-hydrogen) atoms. The Balaban J connectivity index is 3.45.